The molecule has 0 spiro atoms. The van der Waals surface area contributed by atoms with Gasteiger partial charge in [0, 0.05) is 0 Å². The zero-order chi connectivity index (χ0) is 11.9. The lowest BCUT2D eigenvalue weighted by Crippen LogP contribution is -2.17. The molecule has 0 aliphatic carbocycles. The second-order valence-electron chi connectivity index (χ2n) is 2.99. The van der Waals surface area contributed by atoms with Crippen molar-refractivity contribution in [3.05, 3.63) is 34.9 Å². The van der Waals surface area contributed by atoms with E-state index in [4.69, 9.17) is 0 Å². The minimum Gasteiger partial charge on any atom is -0.166 e. The fourth-order valence-electron chi connectivity index (χ4n) is 1.28. The molecule has 0 amide bonds. The zero-order valence-electron chi connectivity index (χ0n) is 7.50. The molecule has 1 aromatic rings. The average molecular weight is 228 g/mol. The first-order valence-corrected chi connectivity index (χ1v) is 3.88. The van der Waals surface area contributed by atoms with Crippen molar-refractivity contribution in [2.75, 3.05) is 0 Å². The third-order valence-electron chi connectivity index (χ3n) is 1.86. The summed E-state index contributed by atoms with van der Waals surface area (Å²) < 4.78 is 73.8. The standard InChI is InChI=1S/C9H6F6/c1-5-3-2-4-6(8(10,11)12)7(5)9(13,14)15/h2-4H,1H3. The minimum absolute atomic E-state index is 0.426. The van der Waals surface area contributed by atoms with Crippen LogP contribution in [0, 0.1) is 6.92 Å². The molecular weight excluding hydrogens is 222 g/mol. The highest BCUT2D eigenvalue weighted by Crippen LogP contribution is 2.41. The molecule has 0 atom stereocenters. The van der Waals surface area contributed by atoms with E-state index in [2.05, 4.69) is 0 Å². The van der Waals surface area contributed by atoms with Crippen molar-refractivity contribution in [3.8, 4) is 0 Å². The number of alkyl halides is 6. The Balaban J connectivity index is 3.48. The van der Waals surface area contributed by atoms with Crippen molar-refractivity contribution in [1.82, 2.24) is 0 Å². The molecule has 0 aromatic heterocycles. The zero-order valence-corrected chi connectivity index (χ0v) is 7.50. The third kappa shape index (κ3) is 2.43. The van der Waals surface area contributed by atoms with Crippen LogP contribution in [0.2, 0.25) is 0 Å². The maximum atomic E-state index is 12.3. The third-order valence-corrected chi connectivity index (χ3v) is 1.86. The van der Waals surface area contributed by atoms with Crippen LogP contribution in [0.25, 0.3) is 0 Å². The average Bonchev–Trinajstić information content (AvgIpc) is 1.99. The lowest BCUT2D eigenvalue weighted by molar-refractivity contribution is -0.162. The van der Waals surface area contributed by atoms with E-state index < -0.39 is 29.0 Å². The molecule has 15 heavy (non-hydrogen) atoms. The van der Waals surface area contributed by atoms with E-state index >= 15 is 0 Å². The highest BCUT2D eigenvalue weighted by molar-refractivity contribution is 5.38. The first-order valence-electron chi connectivity index (χ1n) is 3.88. The van der Waals surface area contributed by atoms with Crippen molar-refractivity contribution in [1.29, 1.82) is 0 Å². The maximum absolute atomic E-state index is 12.3. The molecule has 0 radical (unpaired) electrons. The summed E-state index contributed by atoms with van der Waals surface area (Å²) in [5.41, 5.74) is -3.69. The molecule has 1 rings (SSSR count). The van der Waals surface area contributed by atoms with Gasteiger partial charge in [0.15, 0.2) is 0 Å². The van der Waals surface area contributed by atoms with Crippen molar-refractivity contribution >= 4 is 0 Å². The lowest BCUT2D eigenvalue weighted by atomic mass is 10.0. The van der Waals surface area contributed by atoms with Gasteiger partial charge >= 0.3 is 12.4 Å². The van der Waals surface area contributed by atoms with Crippen LogP contribution in [-0.2, 0) is 12.4 Å². The summed E-state index contributed by atoms with van der Waals surface area (Å²) in [7, 11) is 0. The smallest absolute Gasteiger partial charge is 0.166 e. The van der Waals surface area contributed by atoms with Gasteiger partial charge in [0.05, 0.1) is 11.1 Å². The summed E-state index contributed by atoms with van der Waals surface area (Å²) in [4.78, 5) is 0. The van der Waals surface area contributed by atoms with Gasteiger partial charge in [0.25, 0.3) is 0 Å². The topological polar surface area (TPSA) is 0 Å². The maximum Gasteiger partial charge on any atom is 0.417 e. The predicted molar refractivity (Wildman–Crippen MR) is 41.2 cm³/mol. The van der Waals surface area contributed by atoms with Crippen molar-refractivity contribution in [2.24, 2.45) is 0 Å². The number of rotatable bonds is 0. The van der Waals surface area contributed by atoms with Crippen LogP contribution in [0.5, 0.6) is 0 Å². The number of hydrogen-bond acceptors (Lipinski definition) is 0. The Morgan fingerprint density at radius 2 is 1.40 bits per heavy atom. The van der Waals surface area contributed by atoms with Gasteiger partial charge in [-0.3, -0.25) is 0 Å². The van der Waals surface area contributed by atoms with Crippen LogP contribution in [0.4, 0.5) is 26.3 Å². The normalized spacial score (nSPS) is 13.0. The molecule has 0 saturated heterocycles. The highest BCUT2D eigenvalue weighted by atomic mass is 19.4. The SMILES string of the molecule is Cc1cccc(C(F)(F)F)c1C(F)(F)F. The summed E-state index contributed by atoms with van der Waals surface area (Å²) in [5, 5.41) is 0. The molecule has 0 aliphatic rings. The second-order valence-corrected chi connectivity index (χ2v) is 2.99. The molecule has 0 saturated carbocycles. The van der Waals surface area contributed by atoms with E-state index in [1.54, 1.807) is 0 Å². The number of hydrogen-bond donors (Lipinski definition) is 0. The van der Waals surface area contributed by atoms with Crippen LogP contribution in [0.1, 0.15) is 16.7 Å². The number of aryl methyl sites for hydroxylation is 1. The molecule has 0 fully saturated rings. The molecule has 1 aromatic carbocycles. The molecule has 84 valence electrons. The molecule has 0 bridgehead atoms. The largest absolute Gasteiger partial charge is 0.417 e. The van der Waals surface area contributed by atoms with Gasteiger partial charge in [-0.25, -0.2) is 0 Å². The van der Waals surface area contributed by atoms with Gasteiger partial charge in [-0.1, -0.05) is 12.1 Å². The van der Waals surface area contributed by atoms with Crippen molar-refractivity contribution in [3.63, 3.8) is 0 Å². The van der Waals surface area contributed by atoms with Crippen molar-refractivity contribution in [2.45, 2.75) is 19.3 Å². The number of benzene rings is 1. The Kier molecular flexibility index (Phi) is 2.71. The van der Waals surface area contributed by atoms with E-state index in [9.17, 15) is 26.3 Å². The summed E-state index contributed by atoms with van der Waals surface area (Å²) in [6.45, 7) is 0.998. The van der Waals surface area contributed by atoms with Crippen LogP contribution in [-0.4, -0.2) is 0 Å². The molecular formula is C9H6F6. The van der Waals surface area contributed by atoms with Gasteiger partial charge in [0.1, 0.15) is 0 Å². The van der Waals surface area contributed by atoms with Gasteiger partial charge in [-0.05, 0) is 18.6 Å². The molecule has 0 N–H and O–H groups in total. The first kappa shape index (κ1) is 11.9. The Morgan fingerprint density at radius 1 is 0.867 bits per heavy atom. The Hall–Kier alpha value is -1.20. The fourth-order valence-corrected chi connectivity index (χ4v) is 1.28. The Morgan fingerprint density at radius 3 is 1.73 bits per heavy atom. The van der Waals surface area contributed by atoms with E-state index in [1.165, 1.54) is 0 Å². The molecule has 6 heteroatoms. The lowest BCUT2D eigenvalue weighted by Gasteiger charge is -2.17. The fraction of sp³-hybridized carbons (Fsp3) is 0.333. The molecule has 0 unspecified atom stereocenters. The summed E-state index contributed by atoms with van der Waals surface area (Å²) in [6, 6.07) is 2.38. The Labute approximate surface area is 81.5 Å². The van der Waals surface area contributed by atoms with Gasteiger partial charge in [-0.2, -0.15) is 26.3 Å². The van der Waals surface area contributed by atoms with Crippen LogP contribution >= 0.6 is 0 Å². The van der Waals surface area contributed by atoms with Crippen LogP contribution in [0.15, 0.2) is 18.2 Å². The predicted octanol–water partition coefficient (Wildman–Crippen LogP) is 4.03. The van der Waals surface area contributed by atoms with E-state index in [0.717, 1.165) is 19.1 Å². The summed E-state index contributed by atoms with van der Waals surface area (Å²) in [6.07, 6.45) is -9.98. The van der Waals surface area contributed by atoms with Crippen molar-refractivity contribution < 1.29 is 26.3 Å². The molecule has 0 heterocycles. The van der Waals surface area contributed by atoms with Crippen LogP contribution in [0.3, 0.4) is 0 Å². The summed E-state index contributed by atoms with van der Waals surface area (Å²) >= 11 is 0. The number of halogens is 6. The molecule has 0 aliphatic heterocycles. The molecule has 0 nitrogen and oxygen atoms in total. The van der Waals surface area contributed by atoms with E-state index in [0.29, 0.717) is 6.07 Å². The summed E-state index contributed by atoms with van der Waals surface area (Å²) in [5.74, 6) is 0. The van der Waals surface area contributed by atoms with Gasteiger partial charge in [-0.15, -0.1) is 0 Å². The van der Waals surface area contributed by atoms with E-state index in [-0.39, 0.29) is 0 Å². The first-order chi connectivity index (χ1) is 6.64. The Bertz CT molecular complexity index is 360. The minimum atomic E-state index is -4.99. The van der Waals surface area contributed by atoms with Gasteiger partial charge in [0.2, 0.25) is 0 Å². The monoisotopic (exact) mass is 228 g/mol. The van der Waals surface area contributed by atoms with Gasteiger partial charge < -0.3 is 0 Å². The van der Waals surface area contributed by atoms with E-state index in [1.807, 2.05) is 0 Å². The second kappa shape index (κ2) is 3.43. The van der Waals surface area contributed by atoms with Crippen LogP contribution < -0.4 is 0 Å². The quantitative estimate of drug-likeness (QED) is 0.588. The highest BCUT2D eigenvalue weighted by Gasteiger charge is 2.43.